The number of nitrogens with one attached hydrogen (secondary N) is 1. The van der Waals surface area contributed by atoms with Gasteiger partial charge in [-0.05, 0) is 25.5 Å². The van der Waals surface area contributed by atoms with Gasteiger partial charge in [-0.15, -0.1) is 0 Å². The van der Waals surface area contributed by atoms with Crippen molar-refractivity contribution < 1.29 is 22.7 Å². The van der Waals surface area contributed by atoms with Crippen molar-refractivity contribution in [2.24, 2.45) is 5.41 Å². The fourth-order valence-electron chi connectivity index (χ4n) is 2.49. The number of para-hydroxylation sites is 1. The molecule has 22 heavy (non-hydrogen) atoms. The van der Waals surface area contributed by atoms with E-state index in [-0.39, 0.29) is 13.0 Å². The molecule has 1 fully saturated rings. The second-order valence-electron chi connectivity index (χ2n) is 6.03. The molecule has 0 bridgehead atoms. The van der Waals surface area contributed by atoms with Crippen LogP contribution in [0.5, 0.6) is 5.75 Å². The molecule has 2 rings (SSSR count). The number of methoxy groups -OCH3 is 1. The Morgan fingerprint density at radius 2 is 2.00 bits per heavy atom. The molecule has 1 saturated heterocycles. The molecule has 1 unspecified atom stereocenters. The summed E-state index contributed by atoms with van der Waals surface area (Å²) in [5, 5.41) is 0.981. The molecule has 1 aromatic rings. The number of hydrazine groups is 1. The van der Waals surface area contributed by atoms with Crippen LogP contribution < -0.4 is 10.2 Å². The number of hydrogen-bond donors (Lipinski definition) is 1. The Labute approximate surface area is 127 Å². The Bertz CT molecular complexity index is 558. The molecule has 1 heterocycles. The molecule has 4 nitrogen and oxygen atoms in total. The minimum Gasteiger partial charge on any atom is -0.496 e. The predicted octanol–water partition coefficient (Wildman–Crippen LogP) is 2.54. The van der Waals surface area contributed by atoms with Crippen molar-refractivity contribution in [3.63, 3.8) is 0 Å². The van der Waals surface area contributed by atoms with E-state index in [0.717, 1.165) is 5.01 Å². The number of benzene rings is 1. The molecule has 1 aliphatic heterocycles. The minimum absolute atomic E-state index is 0.00512. The van der Waals surface area contributed by atoms with Crippen LogP contribution in [0, 0.1) is 5.41 Å². The maximum absolute atomic E-state index is 13.4. The average Bonchev–Trinajstić information content (AvgIpc) is 2.68. The molecule has 0 radical (unpaired) electrons. The Hall–Kier alpha value is -1.76. The second kappa shape index (κ2) is 5.79. The smallest absolute Gasteiger partial charge is 0.406 e. The molecule has 0 aliphatic carbocycles. The summed E-state index contributed by atoms with van der Waals surface area (Å²) in [7, 11) is 1.42. The number of ether oxygens (including phenoxy) is 1. The zero-order valence-electron chi connectivity index (χ0n) is 12.7. The maximum atomic E-state index is 13.4. The van der Waals surface area contributed by atoms with E-state index in [2.05, 4.69) is 5.43 Å². The van der Waals surface area contributed by atoms with Crippen molar-refractivity contribution in [1.82, 2.24) is 10.4 Å². The van der Waals surface area contributed by atoms with Gasteiger partial charge in [-0.1, -0.05) is 18.2 Å². The summed E-state index contributed by atoms with van der Waals surface area (Å²) in [5.41, 5.74) is 1.95. The third-order valence-corrected chi connectivity index (χ3v) is 3.79. The van der Waals surface area contributed by atoms with E-state index in [1.807, 2.05) is 0 Å². The summed E-state index contributed by atoms with van der Waals surface area (Å²) in [6.07, 6.45) is -4.75. The van der Waals surface area contributed by atoms with E-state index in [4.69, 9.17) is 4.74 Å². The van der Waals surface area contributed by atoms with Gasteiger partial charge >= 0.3 is 6.18 Å². The first kappa shape index (κ1) is 16.6. The topological polar surface area (TPSA) is 41.6 Å². The van der Waals surface area contributed by atoms with Crippen LogP contribution in [0.15, 0.2) is 24.3 Å². The van der Waals surface area contributed by atoms with Crippen molar-refractivity contribution in [3.05, 3.63) is 29.8 Å². The molecular weight excluding hydrogens is 297 g/mol. The SMILES string of the molecule is COc1ccccc1CC(N1CC(C)(C)C(=O)N1)C(F)(F)F. The Morgan fingerprint density at radius 3 is 2.50 bits per heavy atom. The summed E-state index contributed by atoms with van der Waals surface area (Å²) in [6.45, 7) is 3.25. The van der Waals surface area contributed by atoms with Gasteiger partial charge in [0.15, 0.2) is 0 Å². The molecule has 0 aromatic heterocycles. The number of amides is 1. The van der Waals surface area contributed by atoms with Crippen LogP contribution in [0.4, 0.5) is 13.2 Å². The number of rotatable bonds is 4. The number of alkyl halides is 3. The minimum atomic E-state index is -4.46. The number of carbonyl (C=O) groups excluding carboxylic acids is 1. The molecule has 1 amide bonds. The summed E-state index contributed by atoms with van der Waals surface area (Å²) < 4.78 is 45.4. The van der Waals surface area contributed by atoms with Gasteiger partial charge in [-0.2, -0.15) is 13.2 Å². The van der Waals surface area contributed by atoms with Crippen LogP contribution >= 0.6 is 0 Å². The van der Waals surface area contributed by atoms with Crippen LogP contribution in [0.2, 0.25) is 0 Å². The van der Waals surface area contributed by atoms with Crippen LogP contribution in [-0.2, 0) is 11.2 Å². The van der Waals surface area contributed by atoms with Crippen molar-refractivity contribution in [2.45, 2.75) is 32.5 Å². The van der Waals surface area contributed by atoms with Gasteiger partial charge < -0.3 is 4.74 Å². The third kappa shape index (κ3) is 3.35. The lowest BCUT2D eigenvalue weighted by atomic mass is 9.93. The van der Waals surface area contributed by atoms with Gasteiger partial charge in [-0.25, -0.2) is 5.01 Å². The van der Waals surface area contributed by atoms with Crippen LogP contribution in [0.1, 0.15) is 19.4 Å². The van der Waals surface area contributed by atoms with E-state index < -0.39 is 23.5 Å². The van der Waals surface area contributed by atoms with Gasteiger partial charge in [0.05, 0.1) is 12.5 Å². The van der Waals surface area contributed by atoms with E-state index in [0.29, 0.717) is 11.3 Å². The van der Waals surface area contributed by atoms with E-state index >= 15 is 0 Å². The average molecular weight is 316 g/mol. The highest BCUT2D eigenvalue weighted by molar-refractivity contribution is 5.83. The monoisotopic (exact) mass is 316 g/mol. The number of nitrogens with zero attached hydrogens (tertiary/aromatic N) is 1. The van der Waals surface area contributed by atoms with Crippen molar-refractivity contribution >= 4 is 5.91 Å². The van der Waals surface area contributed by atoms with E-state index in [1.165, 1.54) is 7.11 Å². The molecule has 1 aliphatic rings. The molecule has 1 aromatic carbocycles. The zero-order valence-corrected chi connectivity index (χ0v) is 12.7. The van der Waals surface area contributed by atoms with Gasteiger partial charge in [0, 0.05) is 13.0 Å². The Morgan fingerprint density at radius 1 is 1.36 bits per heavy atom. The van der Waals surface area contributed by atoms with Crippen LogP contribution in [0.25, 0.3) is 0 Å². The molecule has 1 N–H and O–H groups in total. The van der Waals surface area contributed by atoms with Gasteiger partial charge in [0.2, 0.25) is 5.91 Å². The lowest BCUT2D eigenvalue weighted by Crippen LogP contribution is -2.51. The normalized spacial score (nSPS) is 19.8. The first-order valence-corrected chi connectivity index (χ1v) is 6.91. The zero-order chi connectivity index (χ0) is 16.5. The largest absolute Gasteiger partial charge is 0.496 e. The Balaban J connectivity index is 2.27. The van der Waals surface area contributed by atoms with Crippen molar-refractivity contribution in [2.75, 3.05) is 13.7 Å². The van der Waals surface area contributed by atoms with E-state index in [1.54, 1.807) is 38.1 Å². The molecule has 0 spiro atoms. The van der Waals surface area contributed by atoms with Gasteiger partial charge in [-0.3, -0.25) is 10.2 Å². The number of carbonyl (C=O) groups is 1. The molecule has 7 heteroatoms. The summed E-state index contributed by atoms with van der Waals surface area (Å²) in [5.74, 6) is 0.00307. The van der Waals surface area contributed by atoms with Crippen molar-refractivity contribution in [1.29, 1.82) is 0 Å². The van der Waals surface area contributed by atoms with Gasteiger partial charge in [0.25, 0.3) is 0 Å². The molecule has 1 atom stereocenters. The Kier molecular flexibility index (Phi) is 4.37. The summed E-state index contributed by atoms with van der Waals surface area (Å²) in [4.78, 5) is 11.8. The van der Waals surface area contributed by atoms with Crippen LogP contribution in [-0.4, -0.2) is 36.8 Å². The molecular formula is C15H19F3N2O2. The van der Waals surface area contributed by atoms with Crippen molar-refractivity contribution in [3.8, 4) is 5.75 Å². The van der Waals surface area contributed by atoms with Gasteiger partial charge in [0.1, 0.15) is 11.8 Å². The lowest BCUT2D eigenvalue weighted by molar-refractivity contribution is -0.188. The first-order valence-electron chi connectivity index (χ1n) is 6.91. The third-order valence-electron chi connectivity index (χ3n) is 3.79. The summed E-state index contributed by atoms with van der Waals surface area (Å²) in [6, 6.07) is 4.79. The number of halogens is 3. The quantitative estimate of drug-likeness (QED) is 0.928. The standard InChI is InChI=1S/C15H19F3N2O2/c1-14(2)9-20(19-13(14)21)12(15(16,17)18)8-10-6-4-5-7-11(10)22-3/h4-7,12H,8-9H2,1-3H3,(H,19,21). The summed E-state index contributed by atoms with van der Waals surface area (Å²) >= 11 is 0. The van der Waals surface area contributed by atoms with E-state index in [9.17, 15) is 18.0 Å². The lowest BCUT2D eigenvalue weighted by Gasteiger charge is -2.30. The maximum Gasteiger partial charge on any atom is 0.406 e. The molecule has 0 saturated carbocycles. The molecule has 122 valence electrons. The second-order valence-corrected chi connectivity index (χ2v) is 6.03. The highest BCUT2D eigenvalue weighted by Crippen LogP contribution is 2.34. The highest BCUT2D eigenvalue weighted by Gasteiger charge is 2.50. The fraction of sp³-hybridized carbons (Fsp3) is 0.533. The predicted molar refractivity (Wildman–Crippen MR) is 75.2 cm³/mol. The first-order chi connectivity index (χ1) is 10.1. The number of hydrogen-bond acceptors (Lipinski definition) is 3. The fourth-order valence-corrected chi connectivity index (χ4v) is 2.49. The highest BCUT2D eigenvalue weighted by atomic mass is 19.4. The van der Waals surface area contributed by atoms with Crippen LogP contribution in [0.3, 0.4) is 0 Å².